The van der Waals surface area contributed by atoms with E-state index >= 15 is 0 Å². The predicted octanol–water partition coefficient (Wildman–Crippen LogP) is 2.93. The first-order chi connectivity index (χ1) is 17.5. The molecule has 0 spiro atoms. The quantitative estimate of drug-likeness (QED) is 0.0797. The molecule has 0 radical (unpaired) electrons. The molecule has 0 amide bonds. The minimum absolute atomic E-state index is 0.0683. The second-order valence-corrected chi connectivity index (χ2v) is 15.2. The monoisotopic (exact) mass is 554 g/mol. The van der Waals surface area contributed by atoms with E-state index in [9.17, 15) is 0 Å². The minimum Gasteiger partial charge on any atom is -0.377 e. The van der Waals surface area contributed by atoms with E-state index in [2.05, 4.69) is 22.7 Å². The number of rotatable bonds is 27. The van der Waals surface area contributed by atoms with E-state index in [1.165, 1.54) is 38.5 Å². The fraction of sp³-hybridized carbons (Fsp3) is 1.00. The molecule has 0 saturated carbocycles. The Bertz CT molecular complexity index is 475. The van der Waals surface area contributed by atoms with E-state index in [0.29, 0.717) is 6.54 Å². The van der Waals surface area contributed by atoms with Crippen LogP contribution >= 0.6 is 0 Å². The van der Waals surface area contributed by atoms with E-state index in [0.717, 1.165) is 57.9 Å². The van der Waals surface area contributed by atoms with Crippen LogP contribution in [0.1, 0.15) is 71.1 Å². The van der Waals surface area contributed by atoms with Crippen molar-refractivity contribution in [2.75, 3.05) is 75.4 Å². The largest absolute Gasteiger partial charge is 0.519 e. The minimum atomic E-state index is -2.84. The Hall–Kier alpha value is 0.0338. The van der Waals surface area contributed by atoms with Crippen LogP contribution in [0.3, 0.4) is 0 Å². The first-order valence-corrected chi connectivity index (χ1v) is 17.4. The normalized spacial score (nSPS) is 13.6. The standard InChI is InChI=1S/C24H58N4O6Si2/c1-8-22-28(27-21-20-26-19-18-25)24(36(32-5,33-6)34-7)17-15-13-11-9-10-12-14-16-23-35(29-2,30-3)31-4/h24,26-27H,8-23,25H2,1-7H3. The third-order valence-corrected chi connectivity index (χ3v) is 12.6. The van der Waals surface area contributed by atoms with Gasteiger partial charge in [0.25, 0.3) is 0 Å². The lowest BCUT2D eigenvalue weighted by Gasteiger charge is -2.40. The molecule has 0 heterocycles. The maximum Gasteiger partial charge on any atom is 0.519 e. The predicted molar refractivity (Wildman–Crippen MR) is 151 cm³/mol. The molecule has 36 heavy (non-hydrogen) atoms. The van der Waals surface area contributed by atoms with Crippen molar-refractivity contribution in [2.24, 2.45) is 5.73 Å². The van der Waals surface area contributed by atoms with Gasteiger partial charge in [0.1, 0.15) is 0 Å². The molecule has 218 valence electrons. The highest BCUT2D eigenvalue weighted by Crippen LogP contribution is 2.23. The average Bonchev–Trinajstić information content (AvgIpc) is 2.91. The van der Waals surface area contributed by atoms with Gasteiger partial charge < -0.3 is 37.6 Å². The Morgan fingerprint density at radius 2 is 1.22 bits per heavy atom. The molecule has 0 aromatic rings. The molecular formula is C24H58N4O6Si2. The van der Waals surface area contributed by atoms with E-state index in [-0.39, 0.29) is 5.67 Å². The van der Waals surface area contributed by atoms with Crippen molar-refractivity contribution in [1.29, 1.82) is 0 Å². The van der Waals surface area contributed by atoms with Crippen LogP contribution in [0.15, 0.2) is 0 Å². The van der Waals surface area contributed by atoms with Crippen molar-refractivity contribution in [3.63, 3.8) is 0 Å². The van der Waals surface area contributed by atoms with Crippen LogP contribution in [-0.2, 0) is 26.6 Å². The molecule has 1 atom stereocenters. The van der Waals surface area contributed by atoms with Gasteiger partial charge in [0.15, 0.2) is 0 Å². The molecule has 0 aliphatic heterocycles. The summed E-state index contributed by atoms with van der Waals surface area (Å²) in [5, 5.41) is 5.63. The molecule has 1 unspecified atom stereocenters. The lowest BCUT2D eigenvalue weighted by molar-refractivity contribution is 0.0489. The van der Waals surface area contributed by atoms with Crippen LogP contribution in [0.5, 0.6) is 0 Å². The number of hydrogen-bond acceptors (Lipinski definition) is 10. The molecule has 0 fully saturated rings. The summed E-state index contributed by atoms with van der Waals surface area (Å²) in [6, 6.07) is 0.882. The first kappa shape index (κ1) is 36.0. The Kier molecular flexibility index (Phi) is 23.0. The van der Waals surface area contributed by atoms with Crippen molar-refractivity contribution >= 4 is 17.6 Å². The summed E-state index contributed by atoms with van der Waals surface area (Å²) in [5.74, 6) is 0. The summed E-state index contributed by atoms with van der Waals surface area (Å²) in [6.45, 7) is 6.24. The highest BCUT2D eigenvalue weighted by molar-refractivity contribution is 6.62. The number of nitrogens with zero attached hydrogens (tertiary/aromatic N) is 1. The van der Waals surface area contributed by atoms with Crippen molar-refractivity contribution < 1.29 is 26.6 Å². The summed E-state index contributed by atoms with van der Waals surface area (Å²) in [7, 11) is 4.90. The Labute approximate surface area is 223 Å². The number of hydrogen-bond donors (Lipinski definition) is 3. The van der Waals surface area contributed by atoms with E-state index in [1.54, 1.807) is 42.7 Å². The van der Waals surface area contributed by atoms with Gasteiger partial charge in [-0.2, -0.15) is 0 Å². The molecule has 0 bridgehead atoms. The van der Waals surface area contributed by atoms with Gasteiger partial charge in [0.05, 0.1) is 5.67 Å². The zero-order valence-electron chi connectivity index (χ0n) is 24.4. The van der Waals surface area contributed by atoms with Crippen LogP contribution in [-0.4, -0.2) is 104 Å². The molecular weight excluding hydrogens is 496 g/mol. The van der Waals surface area contributed by atoms with Crippen LogP contribution in [0.4, 0.5) is 0 Å². The van der Waals surface area contributed by atoms with E-state index in [1.807, 2.05) is 0 Å². The van der Waals surface area contributed by atoms with Crippen LogP contribution < -0.4 is 16.5 Å². The first-order valence-electron chi connectivity index (χ1n) is 13.7. The molecule has 0 aliphatic rings. The van der Waals surface area contributed by atoms with Crippen LogP contribution in [0.25, 0.3) is 0 Å². The molecule has 10 nitrogen and oxygen atoms in total. The molecule has 0 aliphatic carbocycles. The van der Waals surface area contributed by atoms with Gasteiger partial charge in [0, 0.05) is 81.4 Å². The van der Waals surface area contributed by atoms with Gasteiger partial charge in [-0.05, 0) is 19.3 Å². The zero-order valence-corrected chi connectivity index (χ0v) is 26.4. The molecule has 0 aromatic heterocycles. The highest BCUT2D eigenvalue weighted by atomic mass is 28.4. The summed E-state index contributed by atoms with van der Waals surface area (Å²) in [6.07, 6.45) is 11.6. The van der Waals surface area contributed by atoms with Gasteiger partial charge in [-0.25, -0.2) is 5.01 Å². The molecule has 4 N–H and O–H groups in total. The fourth-order valence-electron chi connectivity index (χ4n) is 4.58. The summed E-state index contributed by atoms with van der Waals surface area (Å²) in [4.78, 5) is 0. The summed E-state index contributed by atoms with van der Waals surface area (Å²) < 4.78 is 34.2. The third-order valence-electron chi connectivity index (χ3n) is 6.68. The van der Waals surface area contributed by atoms with Crippen molar-refractivity contribution in [1.82, 2.24) is 15.8 Å². The smallest absolute Gasteiger partial charge is 0.377 e. The summed E-state index contributed by atoms with van der Waals surface area (Å²) in [5.41, 5.74) is 9.24. The van der Waals surface area contributed by atoms with Gasteiger partial charge in [0.2, 0.25) is 0 Å². The maximum absolute atomic E-state index is 5.91. The van der Waals surface area contributed by atoms with Crippen LogP contribution in [0, 0.1) is 0 Å². The Balaban J connectivity index is 4.55. The topological polar surface area (TPSA) is 109 Å². The second-order valence-electron chi connectivity index (χ2n) is 9.03. The van der Waals surface area contributed by atoms with Crippen molar-refractivity contribution in [3.05, 3.63) is 0 Å². The van der Waals surface area contributed by atoms with Gasteiger partial charge in [-0.1, -0.05) is 51.9 Å². The highest BCUT2D eigenvalue weighted by Gasteiger charge is 2.50. The van der Waals surface area contributed by atoms with Gasteiger partial charge in [-0.15, -0.1) is 0 Å². The van der Waals surface area contributed by atoms with Crippen molar-refractivity contribution in [2.45, 2.75) is 82.8 Å². The number of nitrogens with two attached hydrogens (primary N) is 1. The van der Waals surface area contributed by atoms with E-state index in [4.69, 9.17) is 32.3 Å². The Morgan fingerprint density at radius 1 is 0.694 bits per heavy atom. The summed E-state index contributed by atoms with van der Waals surface area (Å²) >= 11 is 0. The van der Waals surface area contributed by atoms with Gasteiger partial charge >= 0.3 is 17.6 Å². The lowest BCUT2D eigenvalue weighted by Crippen LogP contribution is -2.65. The van der Waals surface area contributed by atoms with Crippen molar-refractivity contribution in [3.8, 4) is 0 Å². The lowest BCUT2D eigenvalue weighted by atomic mass is 10.1. The van der Waals surface area contributed by atoms with Crippen LogP contribution in [0.2, 0.25) is 6.04 Å². The Morgan fingerprint density at radius 3 is 1.69 bits per heavy atom. The zero-order chi connectivity index (χ0) is 27.1. The molecule has 0 aromatic carbocycles. The maximum atomic E-state index is 5.91. The molecule has 0 rings (SSSR count). The van der Waals surface area contributed by atoms with Gasteiger partial charge in [-0.3, -0.25) is 5.43 Å². The number of nitrogens with one attached hydrogen (secondary N) is 2. The third kappa shape index (κ3) is 13.7. The fourth-order valence-corrected chi connectivity index (χ4v) is 8.85. The SMILES string of the molecule is CCCN(NCCNCCN)C(CCCCCCCCCC[Si](OC)(OC)OC)[Si](OC)(OC)OC. The van der Waals surface area contributed by atoms with E-state index < -0.39 is 17.6 Å². The molecule has 0 saturated heterocycles. The average molecular weight is 555 g/mol. The molecule has 12 heteroatoms. The number of unbranched alkanes of at least 4 members (excludes halogenated alkanes) is 7. The second kappa shape index (κ2) is 23.0. The number of hydrazine groups is 1.